The SMILES string of the molecule is C1=Cc2sc3c(-c4ccc(N(c5ccc(-c6cc7ccccc7c7ccccc67)cc5)c5ccc(-c6cc7ccccc7c7ccccc67)cc5)cc4)cccc3c2CC1. The van der Waals surface area contributed by atoms with Crippen molar-refractivity contribution in [1.82, 2.24) is 0 Å². The maximum Gasteiger partial charge on any atom is 0.0462 e. The fraction of sp³-hybridized carbons (Fsp3) is 0.0345. The molecule has 0 aliphatic heterocycles. The van der Waals surface area contributed by atoms with E-state index in [9.17, 15) is 0 Å². The van der Waals surface area contributed by atoms with Crippen molar-refractivity contribution in [3.63, 3.8) is 0 Å². The van der Waals surface area contributed by atoms with Gasteiger partial charge in [0.1, 0.15) is 0 Å². The van der Waals surface area contributed by atoms with E-state index in [1.165, 1.54) is 97.0 Å². The third-order valence-corrected chi connectivity index (χ3v) is 13.8. The minimum atomic E-state index is 1.11. The fourth-order valence-electron chi connectivity index (χ4n) is 9.63. The van der Waals surface area contributed by atoms with Gasteiger partial charge in [-0.3, -0.25) is 0 Å². The van der Waals surface area contributed by atoms with Crippen molar-refractivity contribution in [2.24, 2.45) is 0 Å². The van der Waals surface area contributed by atoms with Crippen LogP contribution in [0.4, 0.5) is 17.1 Å². The molecule has 282 valence electrons. The largest absolute Gasteiger partial charge is 0.311 e. The molecule has 0 spiro atoms. The molecule has 2 heteroatoms. The van der Waals surface area contributed by atoms with Gasteiger partial charge in [0, 0.05) is 26.6 Å². The highest BCUT2D eigenvalue weighted by Crippen LogP contribution is 2.44. The minimum absolute atomic E-state index is 1.11. The lowest BCUT2D eigenvalue weighted by Gasteiger charge is -2.26. The van der Waals surface area contributed by atoms with Crippen LogP contribution in [-0.2, 0) is 6.42 Å². The van der Waals surface area contributed by atoms with Crippen molar-refractivity contribution in [2.45, 2.75) is 12.8 Å². The monoisotopic (exact) mass is 781 g/mol. The van der Waals surface area contributed by atoms with Crippen LogP contribution in [0.1, 0.15) is 16.9 Å². The Labute approximate surface area is 353 Å². The van der Waals surface area contributed by atoms with Crippen molar-refractivity contribution < 1.29 is 0 Å². The van der Waals surface area contributed by atoms with Gasteiger partial charge < -0.3 is 4.90 Å². The van der Waals surface area contributed by atoms with Gasteiger partial charge in [0.15, 0.2) is 0 Å². The van der Waals surface area contributed by atoms with Crippen LogP contribution >= 0.6 is 11.3 Å². The van der Waals surface area contributed by atoms with E-state index < -0.39 is 0 Å². The van der Waals surface area contributed by atoms with Gasteiger partial charge in [0.25, 0.3) is 0 Å². The van der Waals surface area contributed by atoms with Crippen LogP contribution < -0.4 is 4.90 Å². The Balaban J connectivity index is 0.970. The van der Waals surface area contributed by atoms with Crippen molar-refractivity contribution in [3.8, 4) is 33.4 Å². The Hall–Kier alpha value is -7.26. The van der Waals surface area contributed by atoms with E-state index in [2.05, 4.69) is 217 Å². The summed E-state index contributed by atoms with van der Waals surface area (Å²) in [5.41, 5.74) is 12.3. The molecule has 12 rings (SSSR count). The zero-order chi connectivity index (χ0) is 39.6. The summed E-state index contributed by atoms with van der Waals surface area (Å²) in [5, 5.41) is 11.6. The minimum Gasteiger partial charge on any atom is -0.311 e. The number of fused-ring (bicyclic) bond motifs is 9. The predicted molar refractivity (Wildman–Crippen MR) is 260 cm³/mol. The number of hydrogen-bond acceptors (Lipinski definition) is 2. The van der Waals surface area contributed by atoms with E-state index in [0.717, 1.165) is 29.9 Å². The Morgan fingerprint density at radius 1 is 0.367 bits per heavy atom. The van der Waals surface area contributed by atoms with Gasteiger partial charge in [-0.2, -0.15) is 0 Å². The maximum atomic E-state index is 2.39. The van der Waals surface area contributed by atoms with Crippen molar-refractivity contribution >= 4 is 87.7 Å². The third-order valence-electron chi connectivity index (χ3n) is 12.5. The van der Waals surface area contributed by atoms with Gasteiger partial charge >= 0.3 is 0 Å². The van der Waals surface area contributed by atoms with E-state index in [-0.39, 0.29) is 0 Å². The average molecular weight is 782 g/mol. The Kier molecular flexibility index (Phi) is 8.24. The molecule has 1 nitrogen and oxygen atoms in total. The van der Waals surface area contributed by atoms with Crippen LogP contribution in [0.15, 0.2) is 206 Å². The first-order chi connectivity index (χ1) is 29.7. The zero-order valence-electron chi connectivity index (χ0n) is 33.0. The first-order valence-corrected chi connectivity index (χ1v) is 21.7. The van der Waals surface area contributed by atoms with Gasteiger partial charge in [-0.15, -0.1) is 11.3 Å². The second-order valence-electron chi connectivity index (χ2n) is 15.9. The lowest BCUT2D eigenvalue weighted by Crippen LogP contribution is -2.09. The summed E-state index contributed by atoms with van der Waals surface area (Å²) in [6.45, 7) is 0. The van der Waals surface area contributed by atoms with E-state index in [4.69, 9.17) is 0 Å². The maximum absolute atomic E-state index is 2.39. The van der Waals surface area contributed by atoms with Crippen molar-refractivity contribution in [1.29, 1.82) is 0 Å². The summed E-state index contributed by atoms with van der Waals surface area (Å²) < 4.78 is 1.38. The average Bonchev–Trinajstić information content (AvgIpc) is 3.71. The lowest BCUT2D eigenvalue weighted by atomic mass is 9.93. The predicted octanol–water partition coefficient (Wildman–Crippen LogP) is 16.9. The zero-order valence-corrected chi connectivity index (χ0v) is 33.8. The molecule has 1 aliphatic rings. The molecule has 10 aromatic carbocycles. The summed E-state index contributed by atoms with van der Waals surface area (Å²) >= 11 is 1.93. The van der Waals surface area contributed by atoms with Crippen molar-refractivity contribution in [3.05, 3.63) is 217 Å². The van der Waals surface area contributed by atoms with Gasteiger partial charge in [0.05, 0.1) is 0 Å². The standard InChI is InChI=1S/C58H39NS/c1-3-14-46-41(12-1)36-55(51-18-7-5-16-49(46)51)39-26-32-44(33-27-39)59(43-30-24-38(25-31-43)48-21-11-22-54-53-20-9-10-23-57(53)60-58(48)54)45-34-28-40(29-35-45)56-37-42-13-2-4-15-47(42)50-17-6-8-19-52(50)56/h1-8,10-19,21-37H,9,20H2. The molecule has 1 aromatic heterocycles. The van der Waals surface area contributed by atoms with Gasteiger partial charge in [-0.05, 0) is 155 Å². The highest BCUT2D eigenvalue weighted by Gasteiger charge is 2.18. The summed E-state index contributed by atoms with van der Waals surface area (Å²) in [7, 11) is 0. The molecule has 0 N–H and O–H groups in total. The number of thiophene rings is 1. The first-order valence-electron chi connectivity index (χ1n) is 20.9. The summed E-state index contributed by atoms with van der Waals surface area (Å²) in [5.74, 6) is 0. The Bertz CT molecular complexity index is 3300. The number of rotatable bonds is 6. The molecule has 0 radical (unpaired) electrons. The number of aryl methyl sites for hydroxylation is 1. The quantitative estimate of drug-likeness (QED) is 0.152. The molecule has 0 atom stereocenters. The molecule has 11 aromatic rings. The van der Waals surface area contributed by atoms with Crippen molar-refractivity contribution in [2.75, 3.05) is 4.90 Å². The number of hydrogen-bond donors (Lipinski definition) is 0. The molecule has 0 saturated carbocycles. The smallest absolute Gasteiger partial charge is 0.0462 e. The molecule has 0 unspecified atom stereocenters. The third kappa shape index (κ3) is 5.75. The second kappa shape index (κ2) is 14.2. The molecule has 0 amide bonds. The van der Waals surface area contributed by atoms with E-state index in [1.807, 2.05) is 11.3 Å². The fourth-order valence-corrected chi connectivity index (χ4v) is 10.9. The molecule has 0 saturated heterocycles. The number of anilines is 3. The van der Waals surface area contributed by atoms with E-state index in [0.29, 0.717) is 0 Å². The molecule has 60 heavy (non-hydrogen) atoms. The highest BCUT2D eigenvalue weighted by atomic mass is 32.1. The Morgan fingerprint density at radius 2 is 0.800 bits per heavy atom. The van der Waals surface area contributed by atoms with Crippen LogP contribution in [0.3, 0.4) is 0 Å². The summed E-state index contributed by atoms with van der Waals surface area (Å²) in [6.07, 6.45) is 6.87. The molecule has 1 aliphatic carbocycles. The van der Waals surface area contributed by atoms with Gasteiger partial charge in [-0.25, -0.2) is 0 Å². The summed E-state index contributed by atoms with van der Waals surface area (Å²) in [6, 6.07) is 74.0. The van der Waals surface area contributed by atoms with Crippen LogP contribution in [0, 0.1) is 0 Å². The first kappa shape index (κ1) is 34.8. The molecule has 0 fully saturated rings. The highest BCUT2D eigenvalue weighted by molar-refractivity contribution is 7.20. The van der Waals surface area contributed by atoms with Crippen LogP contribution in [-0.4, -0.2) is 0 Å². The Morgan fingerprint density at radius 3 is 1.32 bits per heavy atom. The molecule has 1 heterocycles. The van der Waals surface area contributed by atoms with Gasteiger partial charge in [0.2, 0.25) is 0 Å². The van der Waals surface area contributed by atoms with Gasteiger partial charge in [-0.1, -0.05) is 158 Å². The molecular formula is C58H39NS. The molecule has 0 bridgehead atoms. The number of allylic oxidation sites excluding steroid dienone is 1. The number of nitrogens with zero attached hydrogens (tertiary/aromatic N) is 1. The normalized spacial score (nSPS) is 12.5. The van der Waals surface area contributed by atoms with Crippen LogP contribution in [0.2, 0.25) is 0 Å². The van der Waals surface area contributed by atoms with E-state index in [1.54, 1.807) is 0 Å². The molecular weight excluding hydrogens is 743 g/mol. The second-order valence-corrected chi connectivity index (χ2v) is 17.0. The lowest BCUT2D eigenvalue weighted by molar-refractivity contribution is 1.01. The van der Waals surface area contributed by atoms with Crippen LogP contribution in [0.5, 0.6) is 0 Å². The number of benzene rings is 10. The summed E-state index contributed by atoms with van der Waals surface area (Å²) in [4.78, 5) is 3.80. The topological polar surface area (TPSA) is 3.24 Å². The van der Waals surface area contributed by atoms with Crippen LogP contribution in [0.25, 0.3) is 92.6 Å². The van der Waals surface area contributed by atoms with E-state index >= 15 is 0 Å².